The molecule has 9 heteroatoms. The average Bonchev–Trinajstić information content (AvgIpc) is 2.79. The summed E-state index contributed by atoms with van der Waals surface area (Å²) in [6.07, 6.45) is 2.59. The van der Waals surface area contributed by atoms with E-state index in [1.165, 1.54) is 12.1 Å². The second-order valence-corrected chi connectivity index (χ2v) is 7.88. The maximum absolute atomic E-state index is 13.3. The highest BCUT2D eigenvalue weighted by Crippen LogP contribution is 2.27. The van der Waals surface area contributed by atoms with E-state index >= 15 is 0 Å². The smallest absolute Gasteiger partial charge is 0.351 e. The molecule has 0 bridgehead atoms. The number of ether oxygens (including phenoxy) is 4. The maximum atomic E-state index is 13.3. The summed E-state index contributed by atoms with van der Waals surface area (Å²) in [6.45, 7) is 5.97. The summed E-state index contributed by atoms with van der Waals surface area (Å²) in [4.78, 5) is 51.0. The third kappa shape index (κ3) is 10.3. The topological polar surface area (TPSA) is 105 Å². The molecule has 0 spiro atoms. The van der Waals surface area contributed by atoms with E-state index in [4.69, 9.17) is 18.9 Å². The molecule has 0 heterocycles. The first-order chi connectivity index (χ1) is 16.3. The molecule has 0 radical (unpaired) electrons. The summed E-state index contributed by atoms with van der Waals surface area (Å²) in [5.74, 6) is -4.28. The first-order valence-electron chi connectivity index (χ1n) is 11.7. The minimum absolute atomic E-state index is 0.0148. The number of carbonyl (C=O) groups is 4. The van der Waals surface area contributed by atoms with Gasteiger partial charge in [0.25, 0.3) is 0 Å². The van der Waals surface area contributed by atoms with E-state index in [2.05, 4.69) is 0 Å². The first kappa shape index (κ1) is 29.1. The van der Waals surface area contributed by atoms with Crippen LogP contribution in [0.2, 0.25) is 0 Å². The van der Waals surface area contributed by atoms with E-state index in [0.29, 0.717) is 19.3 Å². The van der Waals surface area contributed by atoms with Crippen molar-refractivity contribution in [2.75, 3.05) is 19.8 Å². The summed E-state index contributed by atoms with van der Waals surface area (Å²) < 4.78 is 34.3. The summed E-state index contributed by atoms with van der Waals surface area (Å²) >= 11 is 0. The molecule has 0 amide bonds. The number of esters is 4. The normalized spacial score (nSPS) is 10.9. The Morgan fingerprint density at radius 3 is 1.62 bits per heavy atom. The van der Waals surface area contributed by atoms with E-state index in [-0.39, 0.29) is 25.4 Å². The van der Waals surface area contributed by atoms with Gasteiger partial charge in [-0.1, -0.05) is 40.0 Å². The van der Waals surface area contributed by atoms with Crippen LogP contribution in [0, 0.1) is 5.82 Å². The highest BCUT2D eigenvalue weighted by Gasteiger charge is 2.49. The second kappa shape index (κ2) is 15.8. The molecule has 34 heavy (non-hydrogen) atoms. The van der Waals surface area contributed by atoms with Gasteiger partial charge in [-0.05, 0) is 43.5 Å². The quantitative estimate of drug-likeness (QED) is 0.192. The van der Waals surface area contributed by atoms with Crippen LogP contribution in [0.1, 0.15) is 82.5 Å². The zero-order valence-corrected chi connectivity index (χ0v) is 20.2. The minimum atomic E-state index is -2.29. The zero-order valence-electron chi connectivity index (χ0n) is 20.2. The van der Waals surface area contributed by atoms with Crippen molar-refractivity contribution in [3.8, 4) is 0 Å². The van der Waals surface area contributed by atoms with Crippen molar-refractivity contribution in [1.82, 2.24) is 0 Å². The summed E-state index contributed by atoms with van der Waals surface area (Å²) in [6, 6.07) is 4.44. The summed E-state index contributed by atoms with van der Waals surface area (Å²) in [5, 5.41) is 0. The zero-order chi connectivity index (χ0) is 25.4. The third-order valence-corrected chi connectivity index (χ3v) is 4.85. The van der Waals surface area contributed by atoms with Gasteiger partial charge in [0.2, 0.25) is 5.60 Å². The molecule has 0 aromatic heterocycles. The van der Waals surface area contributed by atoms with Gasteiger partial charge in [0.15, 0.2) is 0 Å². The van der Waals surface area contributed by atoms with Gasteiger partial charge in [-0.3, -0.25) is 9.59 Å². The molecule has 1 aromatic rings. The van der Waals surface area contributed by atoms with E-state index in [9.17, 15) is 23.6 Å². The van der Waals surface area contributed by atoms with Crippen molar-refractivity contribution in [3.63, 3.8) is 0 Å². The van der Waals surface area contributed by atoms with Gasteiger partial charge < -0.3 is 18.9 Å². The predicted molar refractivity (Wildman–Crippen MR) is 121 cm³/mol. The molecule has 0 fully saturated rings. The molecular weight excluding hydrogens is 447 g/mol. The van der Waals surface area contributed by atoms with Crippen LogP contribution in [-0.2, 0) is 33.3 Å². The number of rotatable bonds is 16. The minimum Gasteiger partial charge on any atom is -0.466 e. The van der Waals surface area contributed by atoms with Crippen LogP contribution in [0.5, 0.6) is 0 Å². The Labute approximate surface area is 200 Å². The molecule has 1 rings (SSSR count). The Bertz CT molecular complexity index is 767. The van der Waals surface area contributed by atoms with Gasteiger partial charge in [-0.25, -0.2) is 14.0 Å². The molecule has 190 valence electrons. The lowest BCUT2D eigenvalue weighted by molar-refractivity contribution is -0.178. The van der Waals surface area contributed by atoms with Gasteiger partial charge in [0.05, 0.1) is 38.2 Å². The van der Waals surface area contributed by atoms with E-state index < -0.39 is 48.1 Å². The first-order valence-corrected chi connectivity index (χ1v) is 11.7. The molecular formula is C25H35FO8. The summed E-state index contributed by atoms with van der Waals surface area (Å²) in [5.41, 5.74) is -2.35. The number of hydrogen-bond donors (Lipinski definition) is 0. The van der Waals surface area contributed by atoms with Crippen LogP contribution >= 0.6 is 0 Å². The van der Waals surface area contributed by atoms with E-state index in [1.807, 2.05) is 20.8 Å². The van der Waals surface area contributed by atoms with Crippen molar-refractivity contribution in [1.29, 1.82) is 0 Å². The molecule has 0 aliphatic rings. The average molecular weight is 483 g/mol. The number of hydrogen-bond acceptors (Lipinski definition) is 8. The van der Waals surface area contributed by atoms with Gasteiger partial charge in [0, 0.05) is 0 Å². The monoisotopic (exact) mass is 482 g/mol. The number of carbonyl (C=O) groups excluding carboxylic acids is 4. The molecule has 8 nitrogen and oxygen atoms in total. The Kier molecular flexibility index (Phi) is 13.5. The number of benzene rings is 1. The summed E-state index contributed by atoms with van der Waals surface area (Å²) in [7, 11) is 0. The Balaban J connectivity index is 3.24. The van der Waals surface area contributed by atoms with Crippen LogP contribution in [0.3, 0.4) is 0 Å². The van der Waals surface area contributed by atoms with Gasteiger partial charge >= 0.3 is 23.9 Å². The standard InChI is InChI=1S/C25H35FO8/c1-4-7-14-31-21(27)17-25(24(30)33-16-9-6-3,18-22(28)32-15-8-5-2)34-23(29)19-10-12-20(26)13-11-19/h10-13H,4-9,14-18H2,1-3H3. The van der Waals surface area contributed by atoms with E-state index in [0.717, 1.165) is 31.4 Å². The van der Waals surface area contributed by atoms with Crippen molar-refractivity contribution >= 4 is 23.9 Å². The maximum Gasteiger partial charge on any atom is 0.351 e. The van der Waals surface area contributed by atoms with Crippen molar-refractivity contribution in [3.05, 3.63) is 35.6 Å². The SMILES string of the molecule is CCCCOC(=O)CC(CC(=O)OCCCC)(OC(=O)c1ccc(F)cc1)C(=O)OCCCC. The highest BCUT2D eigenvalue weighted by molar-refractivity contribution is 5.96. The van der Waals surface area contributed by atoms with Gasteiger partial charge in [0.1, 0.15) is 5.82 Å². The Morgan fingerprint density at radius 1 is 0.735 bits per heavy atom. The molecule has 0 saturated carbocycles. The molecule has 0 saturated heterocycles. The van der Waals surface area contributed by atoms with Gasteiger partial charge in [-0.15, -0.1) is 0 Å². The molecule has 0 aliphatic carbocycles. The van der Waals surface area contributed by atoms with Crippen molar-refractivity contribution in [2.45, 2.75) is 77.7 Å². The molecule has 0 unspecified atom stereocenters. The van der Waals surface area contributed by atoms with Crippen LogP contribution in [0.4, 0.5) is 4.39 Å². The fourth-order valence-electron chi connectivity index (χ4n) is 2.81. The lowest BCUT2D eigenvalue weighted by atomic mass is 9.94. The van der Waals surface area contributed by atoms with Crippen LogP contribution in [-0.4, -0.2) is 49.3 Å². The number of unbranched alkanes of at least 4 members (excludes halogenated alkanes) is 3. The second-order valence-electron chi connectivity index (χ2n) is 7.88. The fourth-order valence-corrected chi connectivity index (χ4v) is 2.81. The fraction of sp³-hybridized carbons (Fsp3) is 0.600. The van der Waals surface area contributed by atoms with E-state index in [1.54, 1.807) is 0 Å². The van der Waals surface area contributed by atoms with Crippen LogP contribution in [0.25, 0.3) is 0 Å². The predicted octanol–water partition coefficient (Wildman–Crippen LogP) is 4.53. The highest BCUT2D eigenvalue weighted by atomic mass is 19.1. The molecule has 0 aliphatic heterocycles. The van der Waals surface area contributed by atoms with Crippen molar-refractivity contribution in [2.24, 2.45) is 0 Å². The molecule has 0 atom stereocenters. The van der Waals surface area contributed by atoms with Gasteiger partial charge in [-0.2, -0.15) is 0 Å². The molecule has 1 aromatic carbocycles. The van der Waals surface area contributed by atoms with Crippen LogP contribution < -0.4 is 0 Å². The molecule has 0 N–H and O–H groups in total. The van der Waals surface area contributed by atoms with Crippen LogP contribution in [0.15, 0.2) is 24.3 Å². The third-order valence-electron chi connectivity index (χ3n) is 4.85. The lowest BCUT2D eigenvalue weighted by Crippen LogP contribution is -2.48. The van der Waals surface area contributed by atoms with Crippen molar-refractivity contribution < 1.29 is 42.5 Å². The Hall–Kier alpha value is -2.97. The lowest BCUT2D eigenvalue weighted by Gasteiger charge is -2.30. The number of halogens is 1. The Morgan fingerprint density at radius 2 is 1.18 bits per heavy atom. The largest absolute Gasteiger partial charge is 0.466 e.